The van der Waals surface area contributed by atoms with Crippen LogP contribution in [0.2, 0.25) is 0 Å². The van der Waals surface area contributed by atoms with Gasteiger partial charge in [0.2, 0.25) is 0 Å². The molecule has 2 aromatic rings. The van der Waals surface area contributed by atoms with Crippen molar-refractivity contribution in [2.24, 2.45) is 0 Å². The molecule has 0 heterocycles. The second kappa shape index (κ2) is 6.75. The minimum absolute atomic E-state index is 0.107. The van der Waals surface area contributed by atoms with Gasteiger partial charge in [-0.1, -0.05) is 43.3 Å². The van der Waals surface area contributed by atoms with Gasteiger partial charge in [-0.2, -0.15) is 0 Å². The predicted molar refractivity (Wildman–Crippen MR) is 79.9 cm³/mol. The summed E-state index contributed by atoms with van der Waals surface area (Å²) in [4.78, 5) is 11.9. The normalized spacial score (nSPS) is 11.8. The van der Waals surface area contributed by atoms with Crippen LogP contribution in [0.1, 0.15) is 35.2 Å². The molecule has 20 heavy (non-hydrogen) atoms. The standard InChI is InChI=1S/C17H19NO2/c1-13(14-6-3-2-4-7-14)10-11-18-17(20)15-8-5-9-16(19)12-15/h2-9,12-13,19H,10-11H2,1H3,(H,18,20). The highest BCUT2D eigenvalue weighted by molar-refractivity contribution is 5.94. The summed E-state index contributed by atoms with van der Waals surface area (Å²) in [5.41, 5.74) is 1.76. The second-order valence-corrected chi connectivity index (χ2v) is 4.91. The predicted octanol–water partition coefficient (Wildman–Crippen LogP) is 3.32. The first-order chi connectivity index (χ1) is 9.66. The number of carbonyl (C=O) groups excluding carboxylic acids is 1. The number of hydrogen-bond donors (Lipinski definition) is 2. The maximum absolute atomic E-state index is 11.9. The Labute approximate surface area is 119 Å². The number of benzene rings is 2. The molecule has 2 N–H and O–H groups in total. The van der Waals surface area contributed by atoms with Crippen LogP contribution in [0.5, 0.6) is 5.75 Å². The van der Waals surface area contributed by atoms with Gasteiger partial charge in [-0.15, -0.1) is 0 Å². The van der Waals surface area contributed by atoms with E-state index in [9.17, 15) is 9.90 Å². The molecule has 1 atom stereocenters. The van der Waals surface area contributed by atoms with E-state index in [4.69, 9.17) is 0 Å². The average Bonchev–Trinajstić information content (AvgIpc) is 2.48. The summed E-state index contributed by atoms with van der Waals surface area (Å²) in [5, 5.41) is 12.2. The molecule has 0 saturated heterocycles. The molecule has 3 heteroatoms. The Morgan fingerprint density at radius 3 is 2.60 bits per heavy atom. The van der Waals surface area contributed by atoms with Gasteiger partial charge in [0.1, 0.15) is 5.75 Å². The van der Waals surface area contributed by atoms with Crippen LogP contribution in [0.15, 0.2) is 54.6 Å². The Bertz CT molecular complexity index is 566. The van der Waals surface area contributed by atoms with Gasteiger partial charge in [0.25, 0.3) is 5.91 Å². The van der Waals surface area contributed by atoms with Crippen LogP contribution in [0.3, 0.4) is 0 Å². The summed E-state index contributed by atoms with van der Waals surface area (Å²) in [5.74, 6) is 0.358. The lowest BCUT2D eigenvalue weighted by molar-refractivity contribution is 0.0952. The first kappa shape index (κ1) is 14.1. The van der Waals surface area contributed by atoms with Crippen molar-refractivity contribution >= 4 is 5.91 Å². The molecule has 0 saturated carbocycles. The van der Waals surface area contributed by atoms with E-state index in [0.717, 1.165) is 6.42 Å². The molecule has 2 aromatic carbocycles. The van der Waals surface area contributed by atoms with Crippen LogP contribution in [0.25, 0.3) is 0 Å². The van der Waals surface area contributed by atoms with E-state index in [-0.39, 0.29) is 11.7 Å². The van der Waals surface area contributed by atoms with Crippen LogP contribution < -0.4 is 5.32 Å². The molecule has 104 valence electrons. The lowest BCUT2D eigenvalue weighted by Gasteiger charge is -2.12. The highest BCUT2D eigenvalue weighted by atomic mass is 16.3. The summed E-state index contributed by atoms with van der Waals surface area (Å²) in [7, 11) is 0. The first-order valence-corrected chi connectivity index (χ1v) is 6.79. The molecule has 0 bridgehead atoms. The van der Waals surface area contributed by atoms with Crippen LogP contribution in [0.4, 0.5) is 0 Å². The van der Waals surface area contributed by atoms with Gasteiger partial charge in [-0.05, 0) is 36.1 Å². The molecular weight excluding hydrogens is 250 g/mol. The molecule has 2 rings (SSSR count). The van der Waals surface area contributed by atoms with Crippen molar-refractivity contribution in [3.8, 4) is 5.75 Å². The Morgan fingerprint density at radius 1 is 1.15 bits per heavy atom. The fourth-order valence-electron chi connectivity index (χ4n) is 2.10. The van der Waals surface area contributed by atoms with E-state index in [1.165, 1.54) is 11.6 Å². The minimum atomic E-state index is -0.152. The van der Waals surface area contributed by atoms with Crippen molar-refractivity contribution in [1.82, 2.24) is 5.32 Å². The summed E-state index contributed by atoms with van der Waals surface area (Å²) in [6.45, 7) is 2.76. The van der Waals surface area contributed by atoms with Gasteiger partial charge in [-0.3, -0.25) is 4.79 Å². The van der Waals surface area contributed by atoms with Crippen molar-refractivity contribution in [1.29, 1.82) is 0 Å². The molecule has 0 aromatic heterocycles. The van der Waals surface area contributed by atoms with Gasteiger partial charge in [-0.25, -0.2) is 0 Å². The lowest BCUT2D eigenvalue weighted by atomic mass is 9.98. The highest BCUT2D eigenvalue weighted by Gasteiger charge is 2.08. The van der Waals surface area contributed by atoms with Gasteiger partial charge in [0.15, 0.2) is 0 Å². The molecule has 0 aliphatic rings. The van der Waals surface area contributed by atoms with E-state index < -0.39 is 0 Å². The SMILES string of the molecule is CC(CCNC(=O)c1cccc(O)c1)c1ccccc1. The van der Waals surface area contributed by atoms with Crippen LogP contribution in [0, 0.1) is 0 Å². The molecule has 0 radical (unpaired) electrons. The van der Waals surface area contributed by atoms with E-state index in [1.54, 1.807) is 18.2 Å². The Hall–Kier alpha value is -2.29. The number of amides is 1. The largest absolute Gasteiger partial charge is 0.508 e. The summed E-state index contributed by atoms with van der Waals surface area (Å²) < 4.78 is 0. The zero-order chi connectivity index (χ0) is 14.4. The van der Waals surface area contributed by atoms with E-state index >= 15 is 0 Å². The Balaban J connectivity index is 1.83. The number of phenolic OH excluding ortho intramolecular Hbond substituents is 1. The van der Waals surface area contributed by atoms with Crippen molar-refractivity contribution in [3.63, 3.8) is 0 Å². The van der Waals surface area contributed by atoms with E-state index in [2.05, 4.69) is 24.4 Å². The van der Waals surface area contributed by atoms with Crippen molar-refractivity contribution in [2.45, 2.75) is 19.3 Å². The van der Waals surface area contributed by atoms with Gasteiger partial charge in [0.05, 0.1) is 0 Å². The maximum atomic E-state index is 11.9. The van der Waals surface area contributed by atoms with E-state index in [0.29, 0.717) is 18.0 Å². The Kier molecular flexibility index (Phi) is 4.77. The maximum Gasteiger partial charge on any atom is 0.251 e. The zero-order valence-electron chi connectivity index (χ0n) is 11.5. The van der Waals surface area contributed by atoms with Crippen molar-refractivity contribution < 1.29 is 9.90 Å². The average molecular weight is 269 g/mol. The summed E-state index contributed by atoms with van der Waals surface area (Å²) in [6, 6.07) is 16.6. The molecule has 0 aliphatic heterocycles. The van der Waals surface area contributed by atoms with Crippen molar-refractivity contribution in [2.75, 3.05) is 6.54 Å². The van der Waals surface area contributed by atoms with Crippen LogP contribution in [-0.2, 0) is 0 Å². The Morgan fingerprint density at radius 2 is 1.90 bits per heavy atom. The van der Waals surface area contributed by atoms with Gasteiger partial charge >= 0.3 is 0 Å². The fraction of sp³-hybridized carbons (Fsp3) is 0.235. The monoisotopic (exact) mass is 269 g/mol. The number of rotatable bonds is 5. The highest BCUT2D eigenvalue weighted by Crippen LogP contribution is 2.17. The molecule has 3 nitrogen and oxygen atoms in total. The molecule has 0 fully saturated rings. The number of hydrogen-bond acceptors (Lipinski definition) is 2. The summed E-state index contributed by atoms with van der Waals surface area (Å²) >= 11 is 0. The minimum Gasteiger partial charge on any atom is -0.508 e. The van der Waals surface area contributed by atoms with Crippen LogP contribution >= 0.6 is 0 Å². The molecule has 1 amide bonds. The third-order valence-corrected chi connectivity index (χ3v) is 3.34. The zero-order valence-corrected chi connectivity index (χ0v) is 11.5. The molecular formula is C17H19NO2. The molecule has 1 unspecified atom stereocenters. The number of phenols is 1. The third kappa shape index (κ3) is 3.85. The number of nitrogens with one attached hydrogen (secondary N) is 1. The number of carbonyl (C=O) groups is 1. The lowest BCUT2D eigenvalue weighted by Crippen LogP contribution is -2.25. The molecule has 0 aliphatic carbocycles. The van der Waals surface area contributed by atoms with E-state index in [1.807, 2.05) is 18.2 Å². The number of aromatic hydroxyl groups is 1. The molecule has 0 spiro atoms. The second-order valence-electron chi connectivity index (χ2n) is 4.91. The summed E-state index contributed by atoms with van der Waals surface area (Å²) in [6.07, 6.45) is 0.884. The van der Waals surface area contributed by atoms with Crippen LogP contribution in [-0.4, -0.2) is 17.6 Å². The topological polar surface area (TPSA) is 49.3 Å². The quantitative estimate of drug-likeness (QED) is 0.874. The van der Waals surface area contributed by atoms with Gasteiger partial charge < -0.3 is 10.4 Å². The smallest absolute Gasteiger partial charge is 0.251 e. The van der Waals surface area contributed by atoms with Gasteiger partial charge in [0, 0.05) is 12.1 Å². The van der Waals surface area contributed by atoms with Crippen molar-refractivity contribution in [3.05, 3.63) is 65.7 Å². The third-order valence-electron chi connectivity index (χ3n) is 3.34. The fourth-order valence-corrected chi connectivity index (χ4v) is 2.10. The first-order valence-electron chi connectivity index (χ1n) is 6.79.